The maximum absolute atomic E-state index is 12.0. The Balaban J connectivity index is 1.66. The number of urea groups is 1. The van der Waals surface area contributed by atoms with Gasteiger partial charge in [0.2, 0.25) is 0 Å². The highest BCUT2D eigenvalue weighted by Crippen LogP contribution is 2.07. The van der Waals surface area contributed by atoms with Crippen molar-refractivity contribution >= 4 is 29.3 Å². The van der Waals surface area contributed by atoms with E-state index < -0.39 is 24.0 Å². The summed E-state index contributed by atoms with van der Waals surface area (Å²) in [6.45, 7) is 1.59. The Kier molecular flexibility index (Phi) is 7.17. The zero-order chi connectivity index (χ0) is 18.8. The summed E-state index contributed by atoms with van der Waals surface area (Å²) in [5.41, 5.74) is 1.28. The van der Waals surface area contributed by atoms with Gasteiger partial charge >= 0.3 is 12.0 Å². The number of ether oxygens (including phenoxy) is 1. The summed E-state index contributed by atoms with van der Waals surface area (Å²) >= 11 is 0. The van der Waals surface area contributed by atoms with E-state index in [0.717, 1.165) is 0 Å². The Hall–Kier alpha value is -3.35. The van der Waals surface area contributed by atoms with Crippen LogP contribution in [0.5, 0.6) is 0 Å². The van der Waals surface area contributed by atoms with Crippen molar-refractivity contribution in [3.8, 4) is 0 Å². The number of esters is 1. The second-order valence-electron chi connectivity index (χ2n) is 5.48. The summed E-state index contributed by atoms with van der Waals surface area (Å²) in [4.78, 5) is 35.4. The molecule has 136 valence electrons. The van der Waals surface area contributed by atoms with Crippen LogP contribution in [0, 0.1) is 0 Å². The molecule has 3 N–H and O–H groups in total. The van der Waals surface area contributed by atoms with Crippen LogP contribution in [0.2, 0.25) is 0 Å². The third-order valence-corrected chi connectivity index (χ3v) is 3.37. The molecule has 0 aliphatic carbocycles. The van der Waals surface area contributed by atoms with E-state index >= 15 is 0 Å². The maximum Gasteiger partial charge on any atom is 0.319 e. The number of carbonyl (C=O) groups excluding carboxylic acids is 3. The minimum atomic E-state index is -0.930. The highest BCUT2D eigenvalue weighted by molar-refractivity contribution is 5.95. The molecule has 0 unspecified atom stereocenters. The lowest BCUT2D eigenvalue weighted by molar-refractivity contribution is -0.153. The van der Waals surface area contributed by atoms with Crippen LogP contribution in [0.4, 0.5) is 16.2 Å². The minimum absolute atomic E-state index is 0.0365. The van der Waals surface area contributed by atoms with Crippen LogP contribution in [0.1, 0.15) is 13.3 Å². The summed E-state index contributed by atoms with van der Waals surface area (Å²) in [5, 5.41) is 7.84. The molecule has 2 aromatic carbocycles. The Morgan fingerprint density at radius 1 is 0.885 bits per heavy atom. The van der Waals surface area contributed by atoms with Crippen molar-refractivity contribution in [1.82, 2.24) is 5.32 Å². The van der Waals surface area contributed by atoms with Crippen LogP contribution in [-0.4, -0.2) is 30.6 Å². The highest BCUT2D eigenvalue weighted by atomic mass is 16.5. The lowest BCUT2D eigenvalue weighted by Gasteiger charge is -2.13. The minimum Gasteiger partial charge on any atom is -0.452 e. The van der Waals surface area contributed by atoms with E-state index in [1.807, 2.05) is 12.1 Å². The molecule has 0 aliphatic heterocycles. The fraction of sp³-hybridized carbons (Fsp3) is 0.211. The molecule has 7 nitrogen and oxygen atoms in total. The average molecular weight is 355 g/mol. The second-order valence-corrected chi connectivity index (χ2v) is 5.48. The maximum atomic E-state index is 12.0. The fourth-order valence-electron chi connectivity index (χ4n) is 2.05. The first-order valence-electron chi connectivity index (χ1n) is 8.20. The van der Waals surface area contributed by atoms with Crippen molar-refractivity contribution in [2.45, 2.75) is 19.4 Å². The number of anilines is 2. The van der Waals surface area contributed by atoms with Crippen molar-refractivity contribution in [3.63, 3.8) is 0 Å². The number of amides is 3. The zero-order valence-electron chi connectivity index (χ0n) is 14.4. The molecule has 2 aromatic rings. The van der Waals surface area contributed by atoms with E-state index in [1.54, 1.807) is 48.5 Å². The molecule has 7 heteroatoms. The Morgan fingerprint density at radius 2 is 1.42 bits per heavy atom. The average Bonchev–Trinajstić information content (AvgIpc) is 2.63. The van der Waals surface area contributed by atoms with Crippen molar-refractivity contribution in [1.29, 1.82) is 0 Å². The predicted molar refractivity (Wildman–Crippen MR) is 98.7 cm³/mol. The van der Waals surface area contributed by atoms with Crippen molar-refractivity contribution in [2.24, 2.45) is 0 Å². The molecule has 0 saturated heterocycles. The molecule has 0 aliphatic rings. The summed E-state index contributed by atoms with van der Waals surface area (Å²) in [6, 6.07) is 17.4. The van der Waals surface area contributed by atoms with Crippen LogP contribution >= 0.6 is 0 Å². The van der Waals surface area contributed by atoms with Crippen LogP contribution < -0.4 is 16.0 Å². The molecule has 26 heavy (non-hydrogen) atoms. The lowest BCUT2D eigenvalue weighted by atomic mass is 10.3. The first-order chi connectivity index (χ1) is 12.5. The molecule has 1 atom stereocenters. The molecular weight excluding hydrogens is 334 g/mol. The molecule has 0 spiro atoms. The smallest absolute Gasteiger partial charge is 0.319 e. The zero-order valence-corrected chi connectivity index (χ0v) is 14.4. The molecule has 2 rings (SSSR count). The molecule has 0 radical (unpaired) electrons. The van der Waals surface area contributed by atoms with Crippen LogP contribution in [0.3, 0.4) is 0 Å². The van der Waals surface area contributed by atoms with Crippen molar-refractivity contribution in [2.75, 3.05) is 17.2 Å². The van der Waals surface area contributed by atoms with Gasteiger partial charge in [-0.2, -0.15) is 0 Å². The van der Waals surface area contributed by atoms with Crippen molar-refractivity contribution in [3.05, 3.63) is 60.7 Å². The van der Waals surface area contributed by atoms with Gasteiger partial charge in [0.25, 0.3) is 5.91 Å². The number of rotatable bonds is 7. The molecular formula is C19H21N3O4. The van der Waals surface area contributed by atoms with Gasteiger partial charge < -0.3 is 20.7 Å². The number of nitrogens with one attached hydrogen (secondary N) is 3. The number of hydrogen-bond donors (Lipinski definition) is 3. The SMILES string of the molecule is C[C@@H](OC(=O)CCNC(=O)Nc1ccccc1)C(=O)Nc1ccccc1. The van der Waals surface area contributed by atoms with Crippen LogP contribution in [0.25, 0.3) is 0 Å². The molecule has 0 aromatic heterocycles. The van der Waals surface area contributed by atoms with Gasteiger partial charge in [0.1, 0.15) is 0 Å². The van der Waals surface area contributed by atoms with Gasteiger partial charge in [-0.25, -0.2) is 4.79 Å². The van der Waals surface area contributed by atoms with Crippen molar-refractivity contribution < 1.29 is 19.1 Å². The van der Waals surface area contributed by atoms with E-state index in [-0.39, 0.29) is 13.0 Å². The highest BCUT2D eigenvalue weighted by Gasteiger charge is 2.17. The monoisotopic (exact) mass is 355 g/mol. The van der Waals surface area contributed by atoms with Crippen LogP contribution in [-0.2, 0) is 14.3 Å². The predicted octanol–water partition coefficient (Wildman–Crippen LogP) is 2.77. The Bertz CT molecular complexity index is 735. The fourth-order valence-corrected chi connectivity index (χ4v) is 2.05. The van der Waals surface area contributed by atoms with E-state index in [0.29, 0.717) is 11.4 Å². The largest absolute Gasteiger partial charge is 0.452 e. The van der Waals surface area contributed by atoms with Gasteiger partial charge in [-0.3, -0.25) is 9.59 Å². The molecule has 0 fully saturated rings. The standard InChI is InChI=1S/C19H21N3O4/c1-14(18(24)21-15-8-4-2-5-9-15)26-17(23)12-13-20-19(25)22-16-10-6-3-7-11-16/h2-11,14H,12-13H2,1H3,(H,21,24)(H2,20,22,25)/t14-/m1/s1. The number of benzene rings is 2. The van der Waals surface area contributed by atoms with Gasteiger partial charge in [0, 0.05) is 17.9 Å². The van der Waals surface area contributed by atoms with Crippen LogP contribution in [0.15, 0.2) is 60.7 Å². The molecule has 3 amide bonds. The number of hydrogen-bond acceptors (Lipinski definition) is 4. The summed E-state index contributed by atoms with van der Waals surface area (Å²) in [7, 11) is 0. The number of carbonyl (C=O) groups is 3. The van der Waals surface area contributed by atoms with Gasteiger partial charge in [-0.15, -0.1) is 0 Å². The first-order valence-corrected chi connectivity index (χ1v) is 8.20. The first kappa shape index (κ1) is 19.0. The Morgan fingerprint density at radius 3 is 2.00 bits per heavy atom. The normalized spacial score (nSPS) is 11.1. The summed E-state index contributed by atoms with van der Waals surface area (Å²) in [6.07, 6.45) is -0.966. The van der Waals surface area contributed by atoms with Gasteiger partial charge in [-0.05, 0) is 31.2 Å². The topological polar surface area (TPSA) is 96.5 Å². The molecule has 0 heterocycles. The number of para-hydroxylation sites is 2. The Labute approximate surface area is 151 Å². The van der Waals surface area contributed by atoms with E-state index in [2.05, 4.69) is 16.0 Å². The second kappa shape index (κ2) is 9.83. The van der Waals surface area contributed by atoms with E-state index in [4.69, 9.17) is 4.74 Å². The summed E-state index contributed by atoms with van der Waals surface area (Å²) < 4.78 is 5.06. The van der Waals surface area contributed by atoms with E-state index in [1.165, 1.54) is 6.92 Å². The molecule has 0 saturated carbocycles. The lowest BCUT2D eigenvalue weighted by Crippen LogP contribution is -2.33. The van der Waals surface area contributed by atoms with Gasteiger partial charge in [0.15, 0.2) is 6.10 Å². The summed E-state index contributed by atoms with van der Waals surface area (Å²) in [5.74, 6) is -0.986. The third kappa shape index (κ3) is 6.64. The third-order valence-electron chi connectivity index (χ3n) is 3.37. The molecule has 0 bridgehead atoms. The van der Waals surface area contributed by atoms with Gasteiger partial charge in [0.05, 0.1) is 6.42 Å². The quantitative estimate of drug-likeness (QED) is 0.665. The van der Waals surface area contributed by atoms with E-state index in [9.17, 15) is 14.4 Å². The van der Waals surface area contributed by atoms with Gasteiger partial charge in [-0.1, -0.05) is 36.4 Å².